The third-order valence-corrected chi connectivity index (χ3v) is 3.10. The second-order valence-corrected chi connectivity index (χ2v) is 4.63. The topological polar surface area (TPSA) is 91.4 Å². The van der Waals surface area contributed by atoms with Crippen LogP contribution in [0.5, 0.6) is 0 Å². The fraction of sp³-hybridized carbons (Fsp3) is 0.125. The molecule has 0 aliphatic carbocycles. The van der Waals surface area contributed by atoms with Crippen LogP contribution in [0.1, 0.15) is 15.9 Å². The molecule has 7 heteroatoms. The summed E-state index contributed by atoms with van der Waals surface area (Å²) in [6.07, 6.45) is 4.56. The maximum atomic E-state index is 12.2. The van der Waals surface area contributed by atoms with Gasteiger partial charge in [0.15, 0.2) is 0 Å². The highest BCUT2D eigenvalue weighted by Gasteiger charge is 2.19. The van der Waals surface area contributed by atoms with E-state index in [0.29, 0.717) is 0 Å². The number of nitrogens with zero attached hydrogens (tertiary/aromatic N) is 2. The van der Waals surface area contributed by atoms with E-state index in [4.69, 9.17) is 0 Å². The van der Waals surface area contributed by atoms with Gasteiger partial charge >= 0.3 is 5.97 Å². The molecule has 2 aromatic rings. The number of carbonyl (C=O) groups excluding carboxylic acids is 1. The predicted octanol–water partition coefficient (Wildman–Crippen LogP) is 2.26. The Morgan fingerprint density at radius 2 is 2.04 bits per heavy atom. The van der Waals surface area contributed by atoms with Crippen molar-refractivity contribution < 1.29 is 14.5 Å². The lowest BCUT2D eigenvalue weighted by molar-refractivity contribution is -0.385. The number of allylic oxidation sites excluding steroid dienone is 1. The van der Waals surface area contributed by atoms with Crippen molar-refractivity contribution in [3.8, 4) is 0 Å². The number of carbonyl (C=O) groups is 1. The second kappa shape index (κ2) is 7.17. The Labute approximate surface area is 131 Å². The molecule has 0 atom stereocenters. The highest BCUT2D eigenvalue weighted by Crippen LogP contribution is 2.11. The SMILES string of the molecule is COC(=O)c1cc([N+](=O)[O-])cn(CC=Cc2ccccc2)c1=O. The Balaban J connectivity index is 2.35. The molecule has 0 aliphatic heterocycles. The van der Waals surface area contributed by atoms with Crippen LogP contribution in [-0.2, 0) is 11.3 Å². The molecule has 0 radical (unpaired) electrons. The lowest BCUT2D eigenvalue weighted by Crippen LogP contribution is -2.26. The van der Waals surface area contributed by atoms with Crippen molar-refractivity contribution in [3.05, 3.63) is 80.3 Å². The van der Waals surface area contributed by atoms with Crippen LogP contribution in [0.2, 0.25) is 0 Å². The van der Waals surface area contributed by atoms with Crippen molar-refractivity contribution >= 4 is 17.7 Å². The molecule has 1 aromatic carbocycles. The monoisotopic (exact) mass is 314 g/mol. The van der Waals surface area contributed by atoms with Crippen LogP contribution in [0.3, 0.4) is 0 Å². The average molecular weight is 314 g/mol. The zero-order chi connectivity index (χ0) is 16.8. The minimum Gasteiger partial charge on any atom is -0.465 e. The van der Waals surface area contributed by atoms with Crippen molar-refractivity contribution in [1.29, 1.82) is 0 Å². The molecule has 1 aromatic heterocycles. The van der Waals surface area contributed by atoms with Crippen molar-refractivity contribution in [2.24, 2.45) is 0 Å². The molecule has 0 spiro atoms. The molecule has 2 rings (SSSR count). The molecule has 0 aliphatic rings. The molecule has 0 fully saturated rings. The summed E-state index contributed by atoms with van der Waals surface area (Å²) in [6, 6.07) is 10.3. The van der Waals surface area contributed by atoms with Crippen LogP contribution in [0.4, 0.5) is 5.69 Å². The van der Waals surface area contributed by atoms with Gasteiger partial charge in [0.05, 0.1) is 18.2 Å². The Kier molecular flexibility index (Phi) is 5.03. The van der Waals surface area contributed by atoms with Gasteiger partial charge in [-0.15, -0.1) is 0 Å². The van der Waals surface area contributed by atoms with Crippen LogP contribution < -0.4 is 5.56 Å². The molecule has 7 nitrogen and oxygen atoms in total. The summed E-state index contributed by atoms with van der Waals surface area (Å²) in [5, 5.41) is 10.9. The molecule has 0 saturated carbocycles. The number of ether oxygens (including phenoxy) is 1. The first kappa shape index (κ1) is 16.2. The minimum atomic E-state index is -0.903. The Hall–Kier alpha value is -3.22. The molecule has 0 N–H and O–H groups in total. The normalized spacial score (nSPS) is 10.7. The van der Waals surface area contributed by atoms with Gasteiger partial charge in [0.25, 0.3) is 11.2 Å². The predicted molar refractivity (Wildman–Crippen MR) is 84.2 cm³/mol. The van der Waals surface area contributed by atoms with Gasteiger partial charge in [-0.3, -0.25) is 14.9 Å². The fourth-order valence-corrected chi connectivity index (χ4v) is 1.98. The van der Waals surface area contributed by atoms with Crippen molar-refractivity contribution in [3.63, 3.8) is 0 Å². The third-order valence-electron chi connectivity index (χ3n) is 3.10. The van der Waals surface area contributed by atoms with E-state index >= 15 is 0 Å². The minimum absolute atomic E-state index is 0.0966. The van der Waals surface area contributed by atoms with E-state index in [1.807, 2.05) is 30.3 Å². The maximum Gasteiger partial charge on any atom is 0.343 e. The summed E-state index contributed by atoms with van der Waals surface area (Å²) in [4.78, 5) is 34.1. The molecule has 0 bridgehead atoms. The number of rotatable bonds is 5. The molecule has 0 unspecified atom stereocenters. The number of nitro groups is 1. The zero-order valence-corrected chi connectivity index (χ0v) is 12.3. The van der Waals surface area contributed by atoms with Gasteiger partial charge in [-0.2, -0.15) is 0 Å². The quantitative estimate of drug-likeness (QED) is 0.479. The lowest BCUT2D eigenvalue weighted by Gasteiger charge is -2.05. The third kappa shape index (κ3) is 3.91. The molecule has 1 heterocycles. The molecule has 118 valence electrons. The first-order valence-electron chi connectivity index (χ1n) is 6.71. The number of aromatic nitrogens is 1. The van der Waals surface area contributed by atoms with E-state index in [1.165, 1.54) is 0 Å². The first-order chi connectivity index (χ1) is 11.0. The van der Waals surface area contributed by atoms with E-state index < -0.39 is 16.5 Å². The standard InChI is InChI=1S/C16H14N2O5/c1-23-16(20)14-10-13(18(21)22)11-17(15(14)19)9-5-8-12-6-3-2-4-7-12/h2-8,10-11H,9H2,1H3. The van der Waals surface area contributed by atoms with Crippen molar-refractivity contribution in [1.82, 2.24) is 4.57 Å². The summed E-state index contributed by atoms with van der Waals surface area (Å²) in [5.41, 5.74) is -0.424. The van der Waals surface area contributed by atoms with E-state index in [0.717, 1.165) is 29.5 Å². The lowest BCUT2D eigenvalue weighted by atomic mass is 10.2. The summed E-state index contributed by atoms with van der Waals surface area (Å²) in [5.74, 6) is -0.903. The summed E-state index contributed by atoms with van der Waals surface area (Å²) >= 11 is 0. The Bertz CT molecular complexity index is 809. The van der Waals surface area contributed by atoms with Gasteiger partial charge in [-0.05, 0) is 5.56 Å². The molecular weight excluding hydrogens is 300 g/mol. The number of benzene rings is 1. The maximum absolute atomic E-state index is 12.2. The molecule has 0 saturated heterocycles. The van der Waals surface area contributed by atoms with E-state index in [-0.39, 0.29) is 17.8 Å². The highest BCUT2D eigenvalue weighted by atomic mass is 16.6. The van der Waals surface area contributed by atoms with Gasteiger partial charge < -0.3 is 9.30 Å². The van der Waals surface area contributed by atoms with Crippen LogP contribution in [-0.4, -0.2) is 22.6 Å². The average Bonchev–Trinajstić information content (AvgIpc) is 2.56. The number of hydrogen-bond donors (Lipinski definition) is 0. The van der Waals surface area contributed by atoms with Crippen LogP contribution in [0.25, 0.3) is 6.08 Å². The molecule has 0 amide bonds. The summed E-state index contributed by atoms with van der Waals surface area (Å²) in [7, 11) is 1.11. The molecule has 23 heavy (non-hydrogen) atoms. The van der Waals surface area contributed by atoms with Crippen molar-refractivity contribution in [2.45, 2.75) is 6.54 Å². The zero-order valence-electron chi connectivity index (χ0n) is 12.3. The van der Waals surface area contributed by atoms with Crippen LogP contribution >= 0.6 is 0 Å². The van der Waals surface area contributed by atoms with Crippen LogP contribution in [0.15, 0.2) is 53.5 Å². The van der Waals surface area contributed by atoms with E-state index in [9.17, 15) is 19.7 Å². The number of esters is 1. The van der Waals surface area contributed by atoms with Crippen molar-refractivity contribution in [2.75, 3.05) is 7.11 Å². The largest absolute Gasteiger partial charge is 0.465 e. The van der Waals surface area contributed by atoms with Gasteiger partial charge in [0.1, 0.15) is 5.56 Å². The van der Waals surface area contributed by atoms with Gasteiger partial charge in [0, 0.05) is 12.6 Å². The highest BCUT2D eigenvalue weighted by molar-refractivity contribution is 5.89. The number of pyridine rings is 1. The fourth-order valence-electron chi connectivity index (χ4n) is 1.98. The number of methoxy groups -OCH3 is 1. The van der Waals surface area contributed by atoms with Gasteiger partial charge in [0.2, 0.25) is 0 Å². The van der Waals surface area contributed by atoms with E-state index in [2.05, 4.69) is 4.74 Å². The molecular formula is C16H14N2O5. The Morgan fingerprint density at radius 1 is 1.35 bits per heavy atom. The number of hydrogen-bond acceptors (Lipinski definition) is 5. The smallest absolute Gasteiger partial charge is 0.343 e. The van der Waals surface area contributed by atoms with Gasteiger partial charge in [-0.25, -0.2) is 4.79 Å². The second-order valence-electron chi connectivity index (χ2n) is 4.63. The first-order valence-corrected chi connectivity index (χ1v) is 6.71. The van der Waals surface area contributed by atoms with Gasteiger partial charge in [-0.1, -0.05) is 42.5 Å². The summed E-state index contributed by atoms with van der Waals surface area (Å²) in [6.45, 7) is 0.0966. The Morgan fingerprint density at radius 3 is 2.65 bits per heavy atom. The van der Waals surface area contributed by atoms with Crippen LogP contribution in [0, 0.1) is 10.1 Å². The summed E-state index contributed by atoms with van der Waals surface area (Å²) < 4.78 is 5.59. The van der Waals surface area contributed by atoms with E-state index in [1.54, 1.807) is 12.2 Å².